The van der Waals surface area contributed by atoms with Crippen LogP contribution in [0.15, 0.2) is 42.5 Å². The third kappa shape index (κ3) is 2.64. The van der Waals surface area contributed by atoms with E-state index in [1.165, 1.54) is 23.1 Å². The number of amides is 1. The van der Waals surface area contributed by atoms with Gasteiger partial charge in [0, 0.05) is 12.1 Å². The van der Waals surface area contributed by atoms with E-state index in [1.807, 2.05) is 24.3 Å². The van der Waals surface area contributed by atoms with Crippen LogP contribution in [0.4, 0.5) is 4.39 Å². The lowest BCUT2D eigenvalue weighted by atomic mass is 9.97. The molecule has 0 aliphatic carbocycles. The van der Waals surface area contributed by atoms with Gasteiger partial charge in [-0.1, -0.05) is 35.9 Å². The predicted octanol–water partition coefficient (Wildman–Crippen LogP) is 3.17. The topological polar surface area (TPSA) is 40.5 Å². The molecule has 1 aliphatic heterocycles. The zero-order valence-corrected chi connectivity index (χ0v) is 11.8. The molecule has 1 atom stereocenters. The van der Waals surface area contributed by atoms with Crippen molar-refractivity contribution in [3.8, 4) is 0 Å². The van der Waals surface area contributed by atoms with E-state index in [-0.39, 0.29) is 17.5 Å². The number of rotatable bonds is 1. The molecule has 0 radical (unpaired) electrons. The molecule has 5 heteroatoms. The van der Waals surface area contributed by atoms with E-state index >= 15 is 0 Å². The Labute approximate surface area is 126 Å². The lowest BCUT2D eigenvalue weighted by Crippen LogP contribution is -2.38. The van der Waals surface area contributed by atoms with Gasteiger partial charge in [-0.25, -0.2) is 4.39 Å². The summed E-state index contributed by atoms with van der Waals surface area (Å²) in [6, 6.07) is 11.4. The van der Waals surface area contributed by atoms with Crippen LogP contribution < -0.4 is 0 Å². The number of carbonyl (C=O) groups excluding carboxylic acids is 1. The second kappa shape index (κ2) is 5.47. The van der Waals surface area contributed by atoms with Crippen LogP contribution in [-0.2, 0) is 6.54 Å². The molecule has 1 heterocycles. The SMILES string of the molecule is O=C(c1ccc(F)c(Cl)c1)N1Cc2ccccc2[C@@H](O)C1. The molecule has 1 aliphatic rings. The van der Waals surface area contributed by atoms with Crippen molar-refractivity contribution in [3.05, 3.63) is 70.0 Å². The summed E-state index contributed by atoms with van der Waals surface area (Å²) in [6.07, 6.45) is -0.713. The zero-order valence-electron chi connectivity index (χ0n) is 11.1. The Morgan fingerprint density at radius 1 is 1.29 bits per heavy atom. The Morgan fingerprint density at radius 2 is 2.05 bits per heavy atom. The fraction of sp³-hybridized carbons (Fsp3) is 0.188. The highest BCUT2D eigenvalue weighted by atomic mass is 35.5. The molecule has 0 bridgehead atoms. The first kappa shape index (κ1) is 14.0. The minimum absolute atomic E-state index is 0.0844. The summed E-state index contributed by atoms with van der Waals surface area (Å²) in [4.78, 5) is 14.0. The number of halogens is 2. The number of β-amino-alcohol motifs (C(OH)–C–C–N with tert-alkyl or cyclic N) is 1. The van der Waals surface area contributed by atoms with Gasteiger partial charge in [-0.05, 0) is 29.3 Å². The summed E-state index contributed by atoms with van der Waals surface area (Å²) in [6.45, 7) is 0.631. The van der Waals surface area contributed by atoms with Crippen molar-refractivity contribution in [2.45, 2.75) is 12.6 Å². The average molecular weight is 306 g/mol. The molecule has 0 fully saturated rings. The van der Waals surface area contributed by atoms with Gasteiger partial charge in [0.25, 0.3) is 5.91 Å². The Bertz CT molecular complexity index is 704. The first-order valence-electron chi connectivity index (χ1n) is 6.56. The summed E-state index contributed by atoms with van der Waals surface area (Å²) in [5.41, 5.74) is 2.07. The molecule has 0 saturated heterocycles. The molecule has 3 nitrogen and oxygen atoms in total. The fourth-order valence-corrected chi connectivity index (χ4v) is 2.73. The first-order valence-corrected chi connectivity index (χ1v) is 6.94. The van der Waals surface area contributed by atoms with Crippen LogP contribution in [-0.4, -0.2) is 22.5 Å². The van der Waals surface area contributed by atoms with E-state index in [0.29, 0.717) is 12.1 Å². The minimum Gasteiger partial charge on any atom is -0.387 e. The maximum atomic E-state index is 13.2. The van der Waals surface area contributed by atoms with Crippen LogP contribution in [0.2, 0.25) is 5.02 Å². The van der Waals surface area contributed by atoms with E-state index in [0.717, 1.165) is 11.1 Å². The molecule has 0 saturated carbocycles. The van der Waals surface area contributed by atoms with Crippen LogP contribution in [0.3, 0.4) is 0 Å². The number of hydrogen-bond donors (Lipinski definition) is 1. The minimum atomic E-state index is -0.713. The molecule has 0 unspecified atom stereocenters. The largest absolute Gasteiger partial charge is 0.387 e. The van der Waals surface area contributed by atoms with Gasteiger partial charge in [-0.2, -0.15) is 0 Å². The number of fused-ring (bicyclic) bond motifs is 1. The summed E-state index contributed by atoms with van der Waals surface area (Å²) in [5.74, 6) is -0.831. The van der Waals surface area contributed by atoms with Gasteiger partial charge in [0.2, 0.25) is 0 Å². The Hall–Kier alpha value is -1.91. The van der Waals surface area contributed by atoms with Crippen molar-refractivity contribution in [2.75, 3.05) is 6.54 Å². The summed E-state index contributed by atoms with van der Waals surface area (Å²) < 4.78 is 13.2. The molecule has 3 rings (SSSR count). The lowest BCUT2D eigenvalue weighted by Gasteiger charge is -2.32. The van der Waals surface area contributed by atoms with Crippen molar-refractivity contribution >= 4 is 17.5 Å². The quantitative estimate of drug-likeness (QED) is 0.879. The standard InChI is InChI=1S/C16H13ClFNO2/c17-13-7-10(5-6-14(13)18)16(21)19-8-11-3-1-2-4-12(11)15(20)9-19/h1-7,15,20H,8-9H2/t15-/m0/s1. The third-order valence-electron chi connectivity index (χ3n) is 3.62. The van der Waals surface area contributed by atoms with Crippen LogP contribution in [0.25, 0.3) is 0 Å². The average Bonchev–Trinajstić information content (AvgIpc) is 2.49. The zero-order chi connectivity index (χ0) is 15.0. The molecule has 0 aromatic heterocycles. The highest BCUT2D eigenvalue weighted by Crippen LogP contribution is 2.27. The number of aliphatic hydroxyl groups is 1. The van der Waals surface area contributed by atoms with E-state index < -0.39 is 11.9 Å². The molecule has 21 heavy (non-hydrogen) atoms. The summed E-state index contributed by atoms with van der Waals surface area (Å²) in [7, 11) is 0. The third-order valence-corrected chi connectivity index (χ3v) is 3.91. The lowest BCUT2D eigenvalue weighted by molar-refractivity contribution is 0.0550. The fourth-order valence-electron chi connectivity index (χ4n) is 2.55. The van der Waals surface area contributed by atoms with Crippen molar-refractivity contribution in [1.82, 2.24) is 4.90 Å². The van der Waals surface area contributed by atoms with Gasteiger partial charge >= 0.3 is 0 Å². The van der Waals surface area contributed by atoms with E-state index in [9.17, 15) is 14.3 Å². The number of aliphatic hydroxyl groups excluding tert-OH is 1. The maximum Gasteiger partial charge on any atom is 0.254 e. The van der Waals surface area contributed by atoms with Crippen LogP contribution >= 0.6 is 11.6 Å². The second-order valence-corrected chi connectivity index (χ2v) is 5.44. The molecule has 2 aromatic carbocycles. The van der Waals surface area contributed by atoms with Crippen molar-refractivity contribution < 1.29 is 14.3 Å². The smallest absolute Gasteiger partial charge is 0.254 e. The Morgan fingerprint density at radius 3 is 2.81 bits per heavy atom. The molecular weight excluding hydrogens is 293 g/mol. The van der Waals surface area contributed by atoms with Gasteiger partial charge in [0.05, 0.1) is 17.7 Å². The predicted molar refractivity (Wildman–Crippen MR) is 77.6 cm³/mol. The highest BCUT2D eigenvalue weighted by Gasteiger charge is 2.27. The number of hydrogen-bond acceptors (Lipinski definition) is 2. The number of nitrogens with zero attached hydrogens (tertiary/aromatic N) is 1. The van der Waals surface area contributed by atoms with E-state index in [2.05, 4.69) is 0 Å². The van der Waals surface area contributed by atoms with Gasteiger partial charge in [-0.15, -0.1) is 0 Å². The number of carbonyl (C=O) groups is 1. The van der Waals surface area contributed by atoms with Crippen molar-refractivity contribution in [3.63, 3.8) is 0 Å². The second-order valence-electron chi connectivity index (χ2n) is 5.03. The first-order chi connectivity index (χ1) is 10.1. The van der Waals surface area contributed by atoms with Gasteiger partial charge in [0.15, 0.2) is 0 Å². The molecule has 1 amide bonds. The van der Waals surface area contributed by atoms with E-state index in [4.69, 9.17) is 11.6 Å². The highest BCUT2D eigenvalue weighted by molar-refractivity contribution is 6.31. The molecule has 1 N–H and O–H groups in total. The number of benzene rings is 2. The summed E-state index contributed by atoms with van der Waals surface area (Å²) >= 11 is 5.71. The van der Waals surface area contributed by atoms with Crippen LogP contribution in [0, 0.1) is 5.82 Å². The molecule has 0 spiro atoms. The van der Waals surface area contributed by atoms with Crippen LogP contribution in [0.1, 0.15) is 27.6 Å². The van der Waals surface area contributed by atoms with Gasteiger partial charge in [-0.3, -0.25) is 4.79 Å². The summed E-state index contributed by atoms with van der Waals surface area (Å²) in [5, 5.41) is 10.1. The van der Waals surface area contributed by atoms with E-state index in [1.54, 1.807) is 0 Å². The normalized spacial score (nSPS) is 17.5. The Kier molecular flexibility index (Phi) is 3.66. The van der Waals surface area contributed by atoms with Gasteiger partial charge in [0.1, 0.15) is 5.82 Å². The molecule has 2 aromatic rings. The van der Waals surface area contributed by atoms with Gasteiger partial charge < -0.3 is 10.0 Å². The van der Waals surface area contributed by atoms with Crippen molar-refractivity contribution in [2.24, 2.45) is 0 Å². The van der Waals surface area contributed by atoms with Crippen molar-refractivity contribution in [1.29, 1.82) is 0 Å². The van der Waals surface area contributed by atoms with Crippen LogP contribution in [0.5, 0.6) is 0 Å². The monoisotopic (exact) mass is 305 g/mol. The maximum absolute atomic E-state index is 13.2. The molecular formula is C16H13ClFNO2. The molecule has 108 valence electrons. The Balaban J connectivity index is 1.88.